The smallest absolute Gasteiger partial charge is 0.254 e. The molecule has 5 heteroatoms. The van der Waals surface area contributed by atoms with Gasteiger partial charge < -0.3 is 15.0 Å². The Morgan fingerprint density at radius 1 is 1.16 bits per heavy atom. The Labute approximate surface area is 150 Å². The summed E-state index contributed by atoms with van der Waals surface area (Å²) < 4.78 is 5.39. The van der Waals surface area contributed by atoms with Gasteiger partial charge in [-0.3, -0.25) is 4.79 Å². The Morgan fingerprint density at radius 3 is 2.52 bits per heavy atom. The van der Waals surface area contributed by atoms with Gasteiger partial charge in [0.15, 0.2) is 0 Å². The van der Waals surface area contributed by atoms with Gasteiger partial charge in [-0.1, -0.05) is 19.9 Å². The molecular weight excluding hydrogens is 314 g/mol. The maximum absolute atomic E-state index is 12.8. The molecule has 0 saturated heterocycles. The van der Waals surface area contributed by atoms with E-state index >= 15 is 0 Å². The summed E-state index contributed by atoms with van der Waals surface area (Å²) in [5, 5.41) is 3.26. The fourth-order valence-electron chi connectivity index (χ4n) is 2.73. The van der Waals surface area contributed by atoms with Crippen LogP contribution in [0.3, 0.4) is 0 Å². The quantitative estimate of drug-likeness (QED) is 0.773. The van der Waals surface area contributed by atoms with E-state index in [0.717, 1.165) is 42.9 Å². The molecule has 0 bridgehead atoms. The molecule has 1 aromatic carbocycles. The normalized spacial score (nSPS) is 10.4. The summed E-state index contributed by atoms with van der Waals surface area (Å²) in [6.07, 6.45) is 3.55. The average Bonchev–Trinajstić information content (AvgIpc) is 2.61. The number of nitrogens with zero attached hydrogens (tertiary/aromatic N) is 2. The first-order valence-electron chi connectivity index (χ1n) is 8.76. The molecule has 0 aliphatic heterocycles. The zero-order valence-electron chi connectivity index (χ0n) is 15.5. The molecule has 0 aliphatic rings. The van der Waals surface area contributed by atoms with Gasteiger partial charge in [-0.15, -0.1) is 0 Å². The number of hydrogen-bond acceptors (Lipinski definition) is 4. The van der Waals surface area contributed by atoms with Crippen molar-refractivity contribution >= 4 is 17.4 Å². The van der Waals surface area contributed by atoms with Crippen LogP contribution in [0.5, 0.6) is 5.75 Å². The Hall–Kier alpha value is -2.56. The van der Waals surface area contributed by atoms with Crippen LogP contribution in [0.1, 0.15) is 42.6 Å². The minimum absolute atomic E-state index is 0.0466. The minimum Gasteiger partial charge on any atom is -0.495 e. The lowest BCUT2D eigenvalue weighted by atomic mass is 10.2. The molecular formula is C20H27N3O2. The second-order valence-corrected chi connectivity index (χ2v) is 6.05. The number of nitrogens with one attached hydrogen (secondary N) is 1. The maximum atomic E-state index is 12.8. The molecule has 0 unspecified atom stereocenters. The van der Waals surface area contributed by atoms with Crippen molar-refractivity contribution in [2.45, 2.75) is 33.6 Å². The molecule has 25 heavy (non-hydrogen) atoms. The van der Waals surface area contributed by atoms with Crippen LogP contribution in [0.15, 0.2) is 36.5 Å². The van der Waals surface area contributed by atoms with E-state index in [1.54, 1.807) is 25.4 Å². The highest BCUT2D eigenvalue weighted by atomic mass is 16.5. The van der Waals surface area contributed by atoms with Crippen LogP contribution >= 0.6 is 0 Å². The second kappa shape index (κ2) is 9.06. The van der Waals surface area contributed by atoms with Crippen molar-refractivity contribution in [3.8, 4) is 5.75 Å². The fraction of sp³-hybridized carbons (Fsp3) is 0.400. The van der Waals surface area contributed by atoms with Crippen LogP contribution in [0.25, 0.3) is 0 Å². The van der Waals surface area contributed by atoms with Gasteiger partial charge in [0.1, 0.15) is 11.6 Å². The molecule has 1 heterocycles. The fourth-order valence-corrected chi connectivity index (χ4v) is 2.73. The number of aryl methyl sites for hydroxylation is 1. The van der Waals surface area contributed by atoms with Crippen LogP contribution in [0.2, 0.25) is 0 Å². The minimum atomic E-state index is 0.0466. The topological polar surface area (TPSA) is 54.5 Å². The van der Waals surface area contributed by atoms with Crippen molar-refractivity contribution in [1.29, 1.82) is 0 Å². The molecule has 0 fully saturated rings. The molecule has 0 saturated carbocycles. The summed E-state index contributed by atoms with van der Waals surface area (Å²) in [6.45, 7) is 7.72. The van der Waals surface area contributed by atoms with Crippen LogP contribution in [-0.2, 0) is 0 Å². The van der Waals surface area contributed by atoms with Crippen molar-refractivity contribution in [3.05, 3.63) is 47.7 Å². The highest BCUT2D eigenvalue weighted by molar-refractivity contribution is 5.95. The van der Waals surface area contributed by atoms with Crippen molar-refractivity contribution in [1.82, 2.24) is 9.88 Å². The number of anilines is 2. The predicted molar refractivity (Wildman–Crippen MR) is 102 cm³/mol. The largest absolute Gasteiger partial charge is 0.495 e. The molecule has 134 valence electrons. The molecule has 1 N–H and O–H groups in total. The van der Waals surface area contributed by atoms with Gasteiger partial charge in [0.05, 0.1) is 12.8 Å². The number of carbonyl (C=O) groups is 1. The van der Waals surface area contributed by atoms with E-state index in [2.05, 4.69) is 24.1 Å². The summed E-state index contributed by atoms with van der Waals surface area (Å²) in [4.78, 5) is 19.0. The van der Waals surface area contributed by atoms with Crippen molar-refractivity contribution in [2.75, 3.05) is 25.5 Å². The van der Waals surface area contributed by atoms with E-state index < -0.39 is 0 Å². The number of benzene rings is 1. The molecule has 2 aromatic rings. The zero-order valence-corrected chi connectivity index (χ0v) is 15.5. The number of ether oxygens (including phenoxy) is 1. The SMILES string of the molecule is CCCN(CCC)C(=O)c1ccnc(Nc2cc(C)ccc2OC)c1. The molecule has 0 spiro atoms. The lowest BCUT2D eigenvalue weighted by Crippen LogP contribution is -2.32. The molecule has 5 nitrogen and oxygen atoms in total. The van der Waals surface area contributed by atoms with Gasteiger partial charge in [0.25, 0.3) is 5.91 Å². The zero-order chi connectivity index (χ0) is 18.2. The highest BCUT2D eigenvalue weighted by Crippen LogP contribution is 2.28. The third-order valence-electron chi connectivity index (χ3n) is 3.90. The number of carbonyl (C=O) groups excluding carboxylic acids is 1. The van der Waals surface area contributed by atoms with Crippen LogP contribution in [-0.4, -0.2) is 36.0 Å². The first-order chi connectivity index (χ1) is 12.1. The third-order valence-corrected chi connectivity index (χ3v) is 3.90. The number of aromatic nitrogens is 1. The summed E-state index contributed by atoms with van der Waals surface area (Å²) in [5.74, 6) is 1.41. The summed E-state index contributed by atoms with van der Waals surface area (Å²) in [7, 11) is 1.64. The van der Waals surface area contributed by atoms with Crippen molar-refractivity contribution in [3.63, 3.8) is 0 Å². The van der Waals surface area contributed by atoms with Gasteiger partial charge >= 0.3 is 0 Å². The standard InChI is InChI=1S/C20H27N3O2/c1-5-11-23(12-6-2)20(24)16-9-10-21-19(14-16)22-17-13-15(3)7-8-18(17)25-4/h7-10,13-14H,5-6,11-12H2,1-4H3,(H,21,22). The predicted octanol–water partition coefficient (Wildman–Crippen LogP) is 4.40. The molecule has 0 atom stereocenters. The molecule has 0 aliphatic carbocycles. The number of hydrogen-bond donors (Lipinski definition) is 1. The first-order valence-corrected chi connectivity index (χ1v) is 8.76. The molecule has 0 radical (unpaired) electrons. The number of methoxy groups -OCH3 is 1. The third kappa shape index (κ3) is 4.95. The summed E-state index contributed by atoms with van der Waals surface area (Å²) in [5.41, 5.74) is 2.59. The Balaban J connectivity index is 2.24. The second-order valence-electron chi connectivity index (χ2n) is 6.05. The average molecular weight is 341 g/mol. The van der Waals surface area contributed by atoms with Gasteiger partial charge in [0, 0.05) is 24.8 Å². The van der Waals surface area contributed by atoms with Crippen molar-refractivity contribution in [2.24, 2.45) is 0 Å². The lowest BCUT2D eigenvalue weighted by molar-refractivity contribution is 0.0755. The van der Waals surface area contributed by atoms with Crippen LogP contribution in [0.4, 0.5) is 11.5 Å². The molecule has 2 rings (SSSR count). The van der Waals surface area contributed by atoms with E-state index in [1.165, 1.54) is 0 Å². The Bertz CT molecular complexity index is 710. The molecule has 1 amide bonds. The van der Waals surface area contributed by atoms with Crippen LogP contribution in [0, 0.1) is 6.92 Å². The number of amides is 1. The van der Waals surface area contributed by atoms with Crippen LogP contribution < -0.4 is 10.1 Å². The van der Waals surface area contributed by atoms with E-state index in [1.807, 2.05) is 30.0 Å². The van der Waals surface area contributed by atoms with Gasteiger partial charge in [-0.25, -0.2) is 4.98 Å². The van der Waals surface area contributed by atoms with E-state index in [-0.39, 0.29) is 5.91 Å². The van der Waals surface area contributed by atoms with Gasteiger partial charge in [0.2, 0.25) is 0 Å². The first kappa shape index (κ1) is 18.8. The Kier molecular flexibility index (Phi) is 6.81. The Morgan fingerprint density at radius 2 is 1.88 bits per heavy atom. The van der Waals surface area contributed by atoms with Crippen molar-refractivity contribution < 1.29 is 9.53 Å². The van der Waals surface area contributed by atoms with E-state index in [4.69, 9.17) is 4.74 Å². The lowest BCUT2D eigenvalue weighted by Gasteiger charge is -2.21. The summed E-state index contributed by atoms with van der Waals surface area (Å²) >= 11 is 0. The highest BCUT2D eigenvalue weighted by Gasteiger charge is 2.15. The van der Waals surface area contributed by atoms with Gasteiger partial charge in [-0.05, 0) is 49.6 Å². The van der Waals surface area contributed by atoms with Gasteiger partial charge in [-0.2, -0.15) is 0 Å². The van der Waals surface area contributed by atoms with E-state index in [0.29, 0.717) is 11.4 Å². The number of pyridine rings is 1. The monoisotopic (exact) mass is 341 g/mol. The number of rotatable bonds is 8. The van der Waals surface area contributed by atoms with E-state index in [9.17, 15) is 4.79 Å². The maximum Gasteiger partial charge on any atom is 0.254 e. The summed E-state index contributed by atoms with van der Waals surface area (Å²) in [6, 6.07) is 9.46. The molecule has 1 aromatic heterocycles.